The van der Waals surface area contributed by atoms with Crippen LogP contribution in [-0.2, 0) is 23.1 Å². The minimum atomic E-state index is -0.983. The number of carboxylic acids is 1. The van der Waals surface area contributed by atoms with Gasteiger partial charge in [0, 0.05) is 20.2 Å². The van der Waals surface area contributed by atoms with Crippen LogP contribution in [0.2, 0.25) is 0 Å². The second kappa shape index (κ2) is 7.83. The minimum absolute atomic E-state index is 0.312. The van der Waals surface area contributed by atoms with Gasteiger partial charge in [-0.05, 0) is 29.9 Å². The third kappa shape index (κ3) is 6.28. The maximum atomic E-state index is 10.9. The van der Waals surface area contributed by atoms with Crippen molar-refractivity contribution in [3.8, 4) is 0 Å². The summed E-state index contributed by atoms with van der Waals surface area (Å²) in [5.41, 5.74) is 1.17. The highest BCUT2D eigenvalue weighted by Gasteiger charge is 2.17. The van der Waals surface area contributed by atoms with E-state index in [2.05, 4.69) is 10.4 Å². The molecule has 1 amide bonds. The number of aliphatic carboxylic acids is 1. The second-order valence-electron chi connectivity index (χ2n) is 4.26. The highest BCUT2D eigenvalue weighted by molar-refractivity contribution is 7.99. The Hall–Kier alpha value is -1.50. The Morgan fingerprint density at radius 1 is 1.53 bits per heavy atom. The lowest BCUT2D eigenvalue weighted by Crippen LogP contribution is -2.39. The van der Waals surface area contributed by atoms with Crippen molar-refractivity contribution in [2.24, 2.45) is 7.05 Å². The van der Waals surface area contributed by atoms with Gasteiger partial charge in [0.05, 0.1) is 6.20 Å². The molecule has 0 saturated heterocycles. The van der Waals surface area contributed by atoms with Gasteiger partial charge in [0.25, 0.3) is 0 Å². The third-order valence-corrected chi connectivity index (χ3v) is 3.54. The fourth-order valence-corrected chi connectivity index (χ4v) is 2.58. The van der Waals surface area contributed by atoms with Crippen molar-refractivity contribution in [2.75, 3.05) is 11.5 Å². The maximum Gasteiger partial charge on any atom is 0.326 e. The zero-order valence-corrected chi connectivity index (χ0v) is 11.9. The largest absolute Gasteiger partial charge is 0.480 e. The van der Waals surface area contributed by atoms with Crippen LogP contribution in [0.1, 0.15) is 18.9 Å². The molecule has 0 bridgehead atoms. The summed E-state index contributed by atoms with van der Waals surface area (Å²) < 4.78 is 1.76. The van der Waals surface area contributed by atoms with Gasteiger partial charge in [-0.3, -0.25) is 9.48 Å². The van der Waals surface area contributed by atoms with Crippen LogP contribution in [0.25, 0.3) is 0 Å². The Labute approximate surface area is 116 Å². The number of amides is 1. The number of aryl methyl sites for hydroxylation is 2. The quantitative estimate of drug-likeness (QED) is 0.686. The number of nitrogens with zero attached hydrogens (tertiary/aromatic N) is 2. The molecular formula is C12H19N3O3S. The molecule has 0 fully saturated rings. The smallest absolute Gasteiger partial charge is 0.326 e. The zero-order chi connectivity index (χ0) is 14.3. The average molecular weight is 285 g/mol. The topological polar surface area (TPSA) is 84.2 Å². The minimum Gasteiger partial charge on any atom is -0.480 e. The van der Waals surface area contributed by atoms with Crippen molar-refractivity contribution in [3.63, 3.8) is 0 Å². The van der Waals surface area contributed by atoms with Crippen molar-refractivity contribution < 1.29 is 14.7 Å². The number of thioether (sulfide) groups is 1. The molecule has 0 saturated carbocycles. The van der Waals surface area contributed by atoms with Gasteiger partial charge in [0.15, 0.2) is 0 Å². The highest BCUT2D eigenvalue weighted by atomic mass is 32.2. The summed E-state index contributed by atoms with van der Waals surface area (Å²) in [4.78, 5) is 21.7. The number of rotatable bonds is 8. The Morgan fingerprint density at radius 3 is 2.79 bits per heavy atom. The van der Waals surface area contributed by atoms with E-state index in [4.69, 9.17) is 5.11 Å². The lowest BCUT2D eigenvalue weighted by atomic mass is 10.2. The van der Waals surface area contributed by atoms with E-state index >= 15 is 0 Å². The molecule has 19 heavy (non-hydrogen) atoms. The summed E-state index contributed by atoms with van der Waals surface area (Å²) in [6.45, 7) is 1.32. The van der Waals surface area contributed by atoms with E-state index in [0.29, 0.717) is 12.2 Å². The fraction of sp³-hybridized carbons (Fsp3) is 0.583. The summed E-state index contributed by atoms with van der Waals surface area (Å²) in [5, 5.41) is 15.4. The molecule has 0 aromatic carbocycles. The lowest BCUT2D eigenvalue weighted by Gasteiger charge is -2.12. The maximum absolute atomic E-state index is 10.9. The standard InChI is InChI=1S/C12H19N3O3S/c1-9(16)14-11(12(17)18)4-6-19-5-3-10-7-13-15(2)8-10/h7-8,11H,3-6H2,1-2H3,(H,14,16)(H,17,18). The van der Waals surface area contributed by atoms with Gasteiger partial charge in [-0.2, -0.15) is 16.9 Å². The zero-order valence-electron chi connectivity index (χ0n) is 11.1. The molecule has 1 unspecified atom stereocenters. The summed E-state index contributed by atoms with van der Waals surface area (Å²) in [6, 6.07) is -0.789. The molecule has 0 aliphatic rings. The van der Waals surface area contributed by atoms with E-state index in [1.54, 1.807) is 16.4 Å². The number of carboxylic acid groups (broad SMARTS) is 1. The fourth-order valence-electron chi connectivity index (χ4n) is 1.60. The molecule has 0 aliphatic heterocycles. The van der Waals surface area contributed by atoms with Gasteiger partial charge >= 0.3 is 5.97 Å². The predicted molar refractivity (Wildman–Crippen MR) is 74.1 cm³/mol. The van der Waals surface area contributed by atoms with Crippen LogP contribution in [0, 0.1) is 0 Å². The van der Waals surface area contributed by atoms with Crippen molar-refractivity contribution in [1.82, 2.24) is 15.1 Å². The van der Waals surface area contributed by atoms with Crippen LogP contribution >= 0.6 is 11.8 Å². The molecule has 1 aromatic heterocycles. The van der Waals surface area contributed by atoms with Gasteiger partial charge in [-0.1, -0.05) is 0 Å². The first-order valence-corrected chi connectivity index (χ1v) is 7.19. The molecule has 1 aromatic rings. The predicted octanol–water partition coefficient (Wildman–Crippen LogP) is 0.675. The highest BCUT2D eigenvalue weighted by Crippen LogP contribution is 2.09. The summed E-state index contributed by atoms with van der Waals surface area (Å²) >= 11 is 1.68. The first-order chi connectivity index (χ1) is 8.99. The van der Waals surface area contributed by atoms with Crippen molar-refractivity contribution in [2.45, 2.75) is 25.8 Å². The first-order valence-electron chi connectivity index (χ1n) is 6.04. The molecule has 106 valence electrons. The summed E-state index contributed by atoms with van der Waals surface area (Å²) in [7, 11) is 1.88. The van der Waals surface area contributed by atoms with Gasteiger partial charge in [0.2, 0.25) is 5.91 Å². The Balaban J connectivity index is 2.18. The number of nitrogens with one attached hydrogen (secondary N) is 1. The normalized spacial score (nSPS) is 12.1. The Bertz CT molecular complexity index is 434. The van der Waals surface area contributed by atoms with Crippen molar-refractivity contribution in [1.29, 1.82) is 0 Å². The number of carbonyl (C=O) groups is 2. The van der Waals surface area contributed by atoms with E-state index in [1.165, 1.54) is 12.5 Å². The molecule has 1 atom stereocenters. The summed E-state index contributed by atoms with van der Waals surface area (Å²) in [6.07, 6.45) is 5.15. The van der Waals surface area contributed by atoms with E-state index in [1.807, 2.05) is 19.4 Å². The van der Waals surface area contributed by atoms with Crippen molar-refractivity contribution in [3.05, 3.63) is 18.0 Å². The first kappa shape index (κ1) is 15.6. The van der Waals surface area contributed by atoms with E-state index in [-0.39, 0.29) is 5.91 Å². The molecule has 6 nitrogen and oxygen atoms in total. The molecule has 0 radical (unpaired) electrons. The van der Waals surface area contributed by atoms with Gasteiger partial charge in [-0.25, -0.2) is 4.79 Å². The van der Waals surface area contributed by atoms with E-state index < -0.39 is 12.0 Å². The van der Waals surface area contributed by atoms with Crippen LogP contribution in [0.5, 0.6) is 0 Å². The average Bonchev–Trinajstić information content (AvgIpc) is 2.72. The molecular weight excluding hydrogens is 266 g/mol. The van der Waals surface area contributed by atoms with Crippen LogP contribution in [0.15, 0.2) is 12.4 Å². The molecule has 2 N–H and O–H groups in total. The van der Waals surface area contributed by atoms with Crippen LogP contribution in [0.4, 0.5) is 0 Å². The Kier molecular flexibility index (Phi) is 6.41. The second-order valence-corrected chi connectivity index (χ2v) is 5.49. The van der Waals surface area contributed by atoms with Crippen LogP contribution < -0.4 is 5.32 Å². The number of hydrogen-bond acceptors (Lipinski definition) is 4. The lowest BCUT2D eigenvalue weighted by molar-refractivity contribution is -0.141. The van der Waals surface area contributed by atoms with Gasteiger partial charge in [-0.15, -0.1) is 0 Å². The van der Waals surface area contributed by atoms with E-state index in [0.717, 1.165) is 12.2 Å². The molecule has 1 rings (SSSR count). The molecule has 0 spiro atoms. The third-order valence-electron chi connectivity index (χ3n) is 2.52. The molecule has 1 heterocycles. The van der Waals surface area contributed by atoms with Gasteiger partial charge in [0.1, 0.15) is 6.04 Å². The summed E-state index contributed by atoms with van der Waals surface area (Å²) in [5.74, 6) is 0.325. The number of aromatic nitrogens is 2. The molecule has 0 aliphatic carbocycles. The Morgan fingerprint density at radius 2 is 2.26 bits per heavy atom. The van der Waals surface area contributed by atoms with Crippen LogP contribution in [0.3, 0.4) is 0 Å². The van der Waals surface area contributed by atoms with Gasteiger partial charge < -0.3 is 10.4 Å². The number of hydrogen-bond donors (Lipinski definition) is 2. The SMILES string of the molecule is CC(=O)NC(CCSCCc1cnn(C)c1)C(=O)O. The van der Waals surface area contributed by atoms with E-state index in [9.17, 15) is 9.59 Å². The monoisotopic (exact) mass is 285 g/mol. The molecule has 7 heteroatoms. The number of carbonyl (C=O) groups excluding carboxylic acids is 1. The van der Waals surface area contributed by atoms with Crippen LogP contribution in [-0.4, -0.2) is 44.3 Å². The van der Waals surface area contributed by atoms with Crippen molar-refractivity contribution >= 4 is 23.6 Å².